The van der Waals surface area contributed by atoms with Gasteiger partial charge in [-0.3, -0.25) is 19.6 Å². The Kier molecular flexibility index (Phi) is 47.0. The minimum atomic E-state index is -0.819. The monoisotopic (exact) mass is 1990 g/mol. The molecule has 1 N–H and O–H groups in total. The molecular formula is C68H100Cl3F4N6O6P21S2. The van der Waals surface area contributed by atoms with Gasteiger partial charge in [0, 0.05) is 76.1 Å². The Labute approximate surface area is 710 Å². The third kappa shape index (κ3) is 33.2. The third-order valence-corrected chi connectivity index (χ3v) is 103. The highest BCUT2D eigenvalue weighted by molar-refractivity contribution is 9.16. The highest BCUT2D eigenvalue weighted by atomic mass is 35.5. The van der Waals surface area contributed by atoms with Crippen LogP contribution in [-0.4, -0.2) is 97.5 Å². The van der Waals surface area contributed by atoms with Crippen molar-refractivity contribution in [3.8, 4) is 22.3 Å². The van der Waals surface area contributed by atoms with E-state index in [1.807, 2.05) is 104 Å². The zero-order chi connectivity index (χ0) is 82.4. The summed E-state index contributed by atoms with van der Waals surface area (Å²) in [5.41, 5.74) is 7.96. The van der Waals surface area contributed by atoms with Gasteiger partial charge in [0.2, 0.25) is 0 Å². The first-order chi connectivity index (χ1) is 51.5. The summed E-state index contributed by atoms with van der Waals surface area (Å²) in [5, 5.41) is 2.55. The van der Waals surface area contributed by atoms with E-state index < -0.39 is 39.7 Å². The molecule has 0 bridgehead atoms. The predicted molar refractivity (Wildman–Crippen MR) is 532 cm³/mol. The number of carbonyl (C=O) groups excluding carboxylic acids is 4. The largest absolute Gasteiger partial charge is 0.444 e. The van der Waals surface area contributed by atoms with Gasteiger partial charge < -0.3 is 29.5 Å². The molecule has 2 fully saturated rings. The number of benzene rings is 4. The van der Waals surface area contributed by atoms with E-state index in [2.05, 4.69) is 163 Å². The highest BCUT2D eigenvalue weighted by Gasteiger charge is 2.37. The lowest BCUT2D eigenvalue weighted by molar-refractivity contribution is 0.0142. The van der Waals surface area contributed by atoms with E-state index in [9.17, 15) is 36.7 Å². The fourth-order valence-electron chi connectivity index (χ4n) is 11.3. The maximum Gasteiger partial charge on any atom is 0.410 e. The van der Waals surface area contributed by atoms with E-state index in [1.54, 1.807) is 34.1 Å². The van der Waals surface area contributed by atoms with E-state index in [0.717, 1.165) is 109 Å². The molecule has 42 heteroatoms. The number of aryl methyl sites for hydroxylation is 2. The third-order valence-electron chi connectivity index (χ3n) is 16.9. The smallest absolute Gasteiger partial charge is 0.410 e. The summed E-state index contributed by atoms with van der Waals surface area (Å²) in [4.78, 5) is 63.8. The number of ether oxygens (including phenoxy) is 2. The lowest BCUT2D eigenvalue weighted by Gasteiger charge is -2.40. The van der Waals surface area contributed by atoms with Crippen LogP contribution in [0.5, 0.6) is 0 Å². The number of amides is 3. The van der Waals surface area contributed by atoms with Gasteiger partial charge in [-0.2, -0.15) is 0 Å². The molecular weight excluding hydrogens is 1890 g/mol. The molecule has 4 aromatic carbocycles. The molecule has 14 atom stereocenters. The average molecular weight is 1990 g/mol. The first-order valence-corrected chi connectivity index (χ1v) is 71.8. The van der Waals surface area contributed by atoms with Crippen LogP contribution in [0.4, 0.5) is 27.2 Å². The predicted octanol–water partition coefficient (Wildman–Crippen LogP) is 29.4. The van der Waals surface area contributed by atoms with Crippen LogP contribution in [0.3, 0.4) is 0 Å². The van der Waals surface area contributed by atoms with Gasteiger partial charge in [-0.05, 0) is 272 Å². The molecule has 2 saturated carbocycles. The lowest BCUT2D eigenvalue weighted by atomic mass is 9.88. The first kappa shape index (κ1) is 103. The van der Waals surface area contributed by atoms with E-state index >= 15 is 0 Å². The van der Waals surface area contributed by atoms with Crippen molar-refractivity contribution in [1.29, 1.82) is 0 Å². The minimum absolute atomic E-state index is 0.00370. The van der Waals surface area contributed by atoms with Crippen molar-refractivity contribution in [2.24, 2.45) is 0 Å². The zero-order valence-corrected chi connectivity index (χ0v) is 88.7. The standard InChI is InChI=1S/C34H36ClF2N3O3S.C25H35N3O2.C9H2Cl2F2OS.H12P10.H8P6.H7P5/c1-20-6-7-22(21-14-16-38-17-15-21)18-23(20)19-40(25-10-8-24(9-11-25)39(5)33(42)43-34(2,3)4)32(41)31-29(35)28-26(36)12-13-27(37)30(28)44-31;1-18-6-7-20(19-12-14-26-15-13-19)16-21(18)17-27-22-8-10-23(11-9-22)28(5)24(29)30-25(2,3)4;10-6-5-3(12)1-2-4(13)7(5)15-8(6)9(11)14;1-7(2)10(8(3)4)9(5)6;1-5(2)6(3)4;1-4-5(2)3/h6-7,12-18,24-25H,8-11,19H2,1-5H3;6-7,12-16,22-23,27H,8-11,17H2,1-5H3;1-2H;1-6H2;1-4H2;4H,1-3H2. The minimum Gasteiger partial charge on any atom is -0.444 e. The van der Waals surface area contributed by atoms with Crippen LogP contribution in [0.25, 0.3) is 42.4 Å². The van der Waals surface area contributed by atoms with E-state index in [0.29, 0.717) is 31.7 Å². The molecule has 12 nitrogen and oxygen atoms in total. The number of hydrogen-bond acceptors (Lipinski definition) is 11. The zero-order valence-electron chi connectivity index (χ0n) is 62.6. The van der Waals surface area contributed by atoms with Gasteiger partial charge in [0.1, 0.15) is 44.2 Å². The van der Waals surface area contributed by atoms with Crippen LogP contribution in [0.1, 0.15) is 135 Å². The fourth-order valence-corrected chi connectivity index (χ4v) is 101. The second-order valence-corrected chi connectivity index (χ2v) is 101. The number of aromatic nitrogens is 2. The lowest BCUT2D eigenvalue weighted by Crippen LogP contribution is -2.47. The van der Waals surface area contributed by atoms with Gasteiger partial charge in [0.25, 0.3) is 11.1 Å². The summed E-state index contributed by atoms with van der Waals surface area (Å²) in [6, 6.07) is 25.3. The Balaban J connectivity index is 0.000000280. The number of thiophene rings is 2. The Bertz CT molecular complexity index is 4280. The second-order valence-electron chi connectivity index (χ2n) is 27.2. The molecule has 3 amide bonds. The number of fused-ring (bicyclic) bond motifs is 2. The summed E-state index contributed by atoms with van der Waals surface area (Å²) in [6.45, 7) is 17.7. The number of nitrogens with zero attached hydrogens (tertiary/aromatic N) is 5. The van der Waals surface area contributed by atoms with Crippen molar-refractivity contribution in [1.82, 2.24) is 30.0 Å². The van der Waals surface area contributed by atoms with Gasteiger partial charge in [0.05, 0.1) is 30.2 Å². The number of hydrogen-bond donors (Lipinski definition) is 1. The van der Waals surface area contributed by atoms with Gasteiger partial charge in [0.15, 0.2) is 0 Å². The fraction of sp³-hybridized carbons (Fsp3) is 0.382. The van der Waals surface area contributed by atoms with Gasteiger partial charge >= 0.3 is 12.2 Å². The number of carbonyl (C=O) groups is 4. The van der Waals surface area contributed by atoms with Crippen molar-refractivity contribution in [2.75, 3.05) is 14.1 Å². The molecule has 4 heterocycles. The van der Waals surface area contributed by atoms with Crippen molar-refractivity contribution in [3.05, 3.63) is 175 Å². The Morgan fingerprint density at radius 2 is 0.882 bits per heavy atom. The van der Waals surface area contributed by atoms with E-state index in [1.165, 1.54) is 22.3 Å². The molecule has 110 heavy (non-hydrogen) atoms. The summed E-state index contributed by atoms with van der Waals surface area (Å²) in [6.07, 6.45) is 13.3. The van der Waals surface area contributed by atoms with E-state index in [4.69, 9.17) is 44.3 Å². The molecule has 0 aliphatic heterocycles. The molecule has 2 aliphatic rings. The molecule has 14 unspecified atom stereocenters. The highest BCUT2D eigenvalue weighted by Crippen LogP contribution is 3.10. The van der Waals surface area contributed by atoms with Crippen molar-refractivity contribution in [3.63, 3.8) is 0 Å². The Hall–Kier alpha value is 2.36. The van der Waals surface area contributed by atoms with Gasteiger partial charge in [-0.1, -0.05) is 55.4 Å². The summed E-state index contributed by atoms with van der Waals surface area (Å²) >= 11 is 19.2. The van der Waals surface area contributed by atoms with Gasteiger partial charge in [-0.15, -0.1) is 139 Å². The SMILES string of the molecule is Cc1ccc(-c2ccncc2)cc1CN(C(=O)c1sc2c(F)ccc(F)c2c1Cl)C1CCC(N(C)C(=O)OC(C)(C)C)CC1.Cc1ccc(-c2ccncc2)cc1CNC1CCC(N(C)C(=O)OC(C)(C)C)CC1.O=C(Cl)c1sc2c(F)ccc(F)c2c1Cl.PP(P)P(P(P)P)P(P)P.PP(P)P(P)P.PPP(P)P. The normalized spacial score (nSPS) is 15.9. The van der Waals surface area contributed by atoms with Crippen molar-refractivity contribution >= 4 is 274 Å². The maximum atomic E-state index is 14.7. The van der Waals surface area contributed by atoms with Crippen molar-refractivity contribution in [2.45, 2.75) is 155 Å². The molecule has 0 saturated heterocycles. The molecule has 4 aromatic heterocycles. The summed E-state index contributed by atoms with van der Waals surface area (Å²) in [5.74, 6) is -2.95. The van der Waals surface area contributed by atoms with Crippen LogP contribution in [0.2, 0.25) is 10.0 Å². The summed E-state index contributed by atoms with van der Waals surface area (Å²) in [7, 11) is 41.7. The number of halogens is 7. The Morgan fingerprint density at radius 1 is 0.527 bits per heavy atom. The van der Waals surface area contributed by atoms with Crippen LogP contribution >= 0.6 is 230 Å². The van der Waals surface area contributed by atoms with Crippen molar-refractivity contribution < 1.29 is 46.2 Å². The molecule has 604 valence electrons. The molecule has 0 spiro atoms. The quantitative estimate of drug-likeness (QED) is 0.0537. The topological polar surface area (TPSA) is 134 Å². The average Bonchev–Trinajstić information content (AvgIpc) is 1.62. The number of nitrogens with one attached hydrogen (secondary N) is 1. The molecule has 0 radical (unpaired) electrons. The second kappa shape index (κ2) is 50.2. The Morgan fingerprint density at radius 3 is 1.24 bits per heavy atom. The van der Waals surface area contributed by atoms with E-state index in [-0.39, 0.29) is 132 Å². The maximum absolute atomic E-state index is 14.7. The number of rotatable bonds is 17. The molecule has 2 aliphatic carbocycles. The van der Waals surface area contributed by atoms with Gasteiger partial charge in [-0.25, -0.2) is 27.2 Å². The van der Waals surface area contributed by atoms with Crippen LogP contribution in [0, 0.1) is 37.1 Å². The number of pyridine rings is 2. The molecule has 8 aromatic rings. The molecule has 10 rings (SSSR count). The van der Waals surface area contributed by atoms with Crippen LogP contribution < -0.4 is 5.32 Å². The van der Waals surface area contributed by atoms with Crippen LogP contribution in [-0.2, 0) is 22.6 Å². The van der Waals surface area contributed by atoms with Crippen LogP contribution in [0.15, 0.2) is 110 Å². The summed E-state index contributed by atoms with van der Waals surface area (Å²) < 4.78 is 67.1. The first-order valence-electron chi connectivity index (χ1n) is 33.8.